The lowest BCUT2D eigenvalue weighted by Gasteiger charge is -2.14. The standard InChI is InChI=1S/C20H21F2N3O4/c1-12(15-8-10-16(11-9-15)23-14(3)26)25-29-13(2)19(27)24-17-6-4-5-7-18(17)28-20(21)22/h4-11,13,20H,1-3H3,(H,23,26)(H,24,27)/b25-12+. The molecule has 0 aliphatic carbocycles. The topological polar surface area (TPSA) is 89.0 Å². The molecule has 9 heteroatoms. The third-order valence-corrected chi connectivity index (χ3v) is 3.70. The molecule has 29 heavy (non-hydrogen) atoms. The van der Waals surface area contributed by atoms with E-state index in [1.165, 1.54) is 32.0 Å². The van der Waals surface area contributed by atoms with Crippen molar-refractivity contribution in [3.8, 4) is 5.75 Å². The van der Waals surface area contributed by atoms with Crippen molar-refractivity contribution in [1.29, 1.82) is 0 Å². The second-order valence-electron chi connectivity index (χ2n) is 6.05. The molecule has 2 rings (SSSR count). The Labute approximate surface area is 166 Å². The summed E-state index contributed by atoms with van der Waals surface area (Å²) in [6.07, 6.45) is -0.983. The predicted molar refractivity (Wildman–Crippen MR) is 105 cm³/mol. The highest BCUT2D eigenvalue weighted by Crippen LogP contribution is 2.25. The molecule has 2 aromatic rings. The lowest BCUT2D eigenvalue weighted by Crippen LogP contribution is -2.27. The normalized spacial score (nSPS) is 12.3. The molecular weight excluding hydrogens is 384 g/mol. The molecule has 0 aromatic heterocycles. The van der Waals surface area contributed by atoms with Gasteiger partial charge in [0.25, 0.3) is 5.91 Å². The SMILES string of the molecule is CC(=O)Nc1ccc(/C(C)=N/OC(C)C(=O)Nc2ccccc2OC(F)F)cc1. The van der Waals surface area contributed by atoms with Gasteiger partial charge < -0.3 is 20.2 Å². The van der Waals surface area contributed by atoms with Gasteiger partial charge in [-0.3, -0.25) is 9.59 Å². The third-order valence-electron chi connectivity index (χ3n) is 3.70. The average Bonchev–Trinajstić information content (AvgIpc) is 2.67. The van der Waals surface area contributed by atoms with Crippen LogP contribution in [0.2, 0.25) is 0 Å². The molecule has 2 aromatic carbocycles. The number of ether oxygens (including phenoxy) is 1. The molecule has 0 saturated heterocycles. The van der Waals surface area contributed by atoms with E-state index in [-0.39, 0.29) is 17.3 Å². The van der Waals surface area contributed by atoms with Crippen molar-refractivity contribution in [2.24, 2.45) is 5.16 Å². The maximum Gasteiger partial charge on any atom is 0.387 e. The monoisotopic (exact) mass is 405 g/mol. The highest BCUT2D eigenvalue weighted by molar-refractivity contribution is 5.99. The lowest BCUT2D eigenvalue weighted by atomic mass is 10.1. The lowest BCUT2D eigenvalue weighted by molar-refractivity contribution is -0.126. The molecule has 154 valence electrons. The Morgan fingerprint density at radius 2 is 1.66 bits per heavy atom. The highest BCUT2D eigenvalue weighted by atomic mass is 19.3. The van der Waals surface area contributed by atoms with Gasteiger partial charge in [-0.15, -0.1) is 0 Å². The first-order valence-corrected chi connectivity index (χ1v) is 8.69. The number of benzene rings is 2. The Kier molecular flexibility index (Phi) is 7.64. The molecule has 1 atom stereocenters. The molecule has 0 spiro atoms. The molecule has 0 radical (unpaired) electrons. The minimum atomic E-state index is -3.01. The Balaban J connectivity index is 1.98. The van der Waals surface area contributed by atoms with Crippen LogP contribution in [0.15, 0.2) is 53.7 Å². The molecule has 0 bridgehead atoms. The summed E-state index contributed by atoms with van der Waals surface area (Å²) >= 11 is 0. The highest BCUT2D eigenvalue weighted by Gasteiger charge is 2.18. The number of hydrogen-bond donors (Lipinski definition) is 2. The Morgan fingerprint density at radius 3 is 2.28 bits per heavy atom. The van der Waals surface area contributed by atoms with Crippen LogP contribution >= 0.6 is 0 Å². The Hall–Kier alpha value is -3.49. The average molecular weight is 405 g/mol. The molecule has 1 unspecified atom stereocenters. The van der Waals surface area contributed by atoms with Crippen LogP contribution in [0.4, 0.5) is 20.2 Å². The number of nitrogens with one attached hydrogen (secondary N) is 2. The number of carbonyl (C=O) groups is 2. The van der Waals surface area contributed by atoms with Crippen molar-refractivity contribution in [3.63, 3.8) is 0 Å². The molecule has 0 aliphatic heterocycles. The molecular formula is C20H21F2N3O4. The Bertz CT molecular complexity index is 886. The smallest absolute Gasteiger partial charge is 0.387 e. The molecule has 0 aliphatic rings. The van der Waals surface area contributed by atoms with Gasteiger partial charge in [0.2, 0.25) is 12.0 Å². The number of nitrogens with zero attached hydrogens (tertiary/aromatic N) is 1. The van der Waals surface area contributed by atoms with Gasteiger partial charge >= 0.3 is 6.61 Å². The van der Waals surface area contributed by atoms with Gasteiger partial charge in [-0.1, -0.05) is 29.4 Å². The number of hydrogen-bond acceptors (Lipinski definition) is 5. The van der Waals surface area contributed by atoms with Gasteiger partial charge in [0.1, 0.15) is 5.75 Å². The maximum absolute atomic E-state index is 12.5. The van der Waals surface area contributed by atoms with E-state index in [0.29, 0.717) is 11.4 Å². The number of halogens is 2. The minimum absolute atomic E-state index is 0.0995. The van der Waals surface area contributed by atoms with Crippen molar-refractivity contribution in [2.75, 3.05) is 10.6 Å². The summed E-state index contributed by atoms with van der Waals surface area (Å²) in [6, 6.07) is 12.8. The van der Waals surface area contributed by atoms with Crippen molar-refractivity contribution < 1.29 is 27.9 Å². The van der Waals surface area contributed by atoms with E-state index in [0.717, 1.165) is 5.56 Å². The maximum atomic E-state index is 12.5. The van der Waals surface area contributed by atoms with E-state index < -0.39 is 18.6 Å². The van der Waals surface area contributed by atoms with Crippen molar-refractivity contribution >= 4 is 28.9 Å². The van der Waals surface area contributed by atoms with Crippen molar-refractivity contribution in [1.82, 2.24) is 0 Å². The van der Waals surface area contributed by atoms with Gasteiger partial charge in [0.05, 0.1) is 11.4 Å². The summed E-state index contributed by atoms with van der Waals surface area (Å²) in [5.74, 6) is -0.901. The third kappa shape index (κ3) is 6.87. The summed E-state index contributed by atoms with van der Waals surface area (Å²) in [6.45, 7) is 1.58. The molecule has 7 nitrogen and oxygen atoms in total. The zero-order valence-corrected chi connectivity index (χ0v) is 16.1. The fourth-order valence-electron chi connectivity index (χ4n) is 2.26. The first kappa shape index (κ1) is 21.8. The van der Waals surface area contributed by atoms with E-state index in [4.69, 9.17) is 4.84 Å². The van der Waals surface area contributed by atoms with E-state index in [1.807, 2.05) is 0 Å². The largest absolute Gasteiger partial charge is 0.433 e. The van der Waals surface area contributed by atoms with Gasteiger partial charge in [0.15, 0.2) is 0 Å². The van der Waals surface area contributed by atoms with Crippen molar-refractivity contribution in [2.45, 2.75) is 33.5 Å². The zero-order valence-electron chi connectivity index (χ0n) is 16.1. The summed E-state index contributed by atoms with van der Waals surface area (Å²) in [5, 5.41) is 9.06. The number of alkyl halides is 2. The predicted octanol–water partition coefficient (Wildman–Crippen LogP) is 4.01. The van der Waals surface area contributed by atoms with Gasteiger partial charge in [-0.2, -0.15) is 8.78 Å². The summed E-state index contributed by atoms with van der Waals surface area (Å²) in [7, 11) is 0. The second-order valence-corrected chi connectivity index (χ2v) is 6.05. The van der Waals surface area contributed by atoms with Gasteiger partial charge in [-0.25, -0.2) is 0 Å². The van der Waals surface area contributed by atoms with Crippen LogP contribution < -0.4 is 15.4 Å². The van der Waals surface area contributed by atoms with Crippen LogP contribution in [-0.4, -0.2) is 30.2 Å². The van der Waals surface area contributed by atoms with E-state index in [2.05, 4.69) is 20.5 Å². The zero-order chi connectivity index (χ0) is 21.4. The van der Waals surface area contributed by atoms with Crippen LogP contribution in [0.3, 0.4) is 0 Å². The number of rotatable bonds is 8. The van der Waals surface area contributed by atoms with Crippen LogP contribution in [0.1, 0.15) is 26.3 Å². The molecule has 0 fully saturated rings. The van der Waals surface area contributed by atoms with E-state index in [9.17, 15) is 18.4 Å². The number of oxime groups is 1. The fourth-order valence-corrected chi connectivity index (χ4v) is 2.26. The summed E-state index contributed by atoms with van der Waals surface area (Å²) in [4.78, 5) is 28.5. The first-order chi connectivity index (χ1) is 13.8. The van der Waals surface area contributed by atoms with Crippen LogP contribution in [0.5, 0.6) is 5.75 Å². The molecule has 0 heterocycles. The first-order valence-electron chi connectivity index (χ1n) is 8.69. The number of amides is 2. The van der Waals surface area contributed by atoms with Gasteiger partial charge in [0, 0.05) is 12.6 Å². The number of para-hydroxylation sites is 2. The molecule has 0 saturated carbocycles. The summed E-state index contributed by atoms with van der Waals surface area (Å²) < 4.78 is 29.3. The molecule has 2 amide bonds. The molecule has 2 N–H and O–H groups in total. The summed E-state index contributed by atoms with van der Waals surface area (Å²) in [5.41, 5.74) is 2.00. The second kappa shape index (κ2) is 10.2. The number of anilines is 2. The van der Waals surface area contributed by atoms with E-state index in [1.54, 1.807) is 37.3 Å². The minimum Gasteiger partial charge on any atom is -0.433 e. The van der Waals surface area contributed by atoms with Gasteiger partial charge in [-0.05, 0) is 43.7 Å². The number of carbonyl (C=O) groups excluding carboxylic acids is 2. The van der Waals surface area contributed by atoms with Crippen molar-refractivity contribution in [3.05, 3.63) is 54.1 Å². The van der Waals surface area contributed by atoms with E-state index >= 15 is 0 Å². The van der Waals surface area contributed by atoms with Crippen LogP contribution in [0, 0.1) is 0 Å². The van der Waals surface area contributed by atoms with Crippen LogP contribution in [-0.2, 0) is 14.4 Å². The Morgan fingerprint density at radius 1 is 1.00 bits per heavy atom. The van der Waals surface area contributed by atoms with Crippen LogP contribution in [0.25, 0.3) is 0 Å². The quantitative estimate of drug-likeness (QED) is 0.513. The fraction of sp³-hybridized carbons (Fsp3) is 0.250.